The van der Waals surface area contributed by atoms with Crippen molar-refractivity contribution in [1.82, 2.24) is 43.1 Å². The molecule has 11 nitrogen and oxygen atoms in total. The molecule has 0 fully saturated rings. The summed E-state index contributed by atoms with van der Waals surface area (Å²) in [6, 6.07) is 0. The van der Waals surface area contributed by atoms with Gasteiger partial charge >= 0.3 is 80.6 Å². The van der Waals surface area contributed by atoms with Crippen LogP contribution in [0.4, 0.5) is 2.86 Å². The summed E-state index contributed by atoms with van der Waals surface area (Å²) in [6.07, 6.45) is 10.6. The summed E-state index contributed by atoms with van der Waals surface area (Å²) in [6.45, 7) is 21.5. The number of aliphatic hydroxyl groups is 1. The molecule has 6 aromatic heterocycles. The van der Waals surface area contributed by atoms with E-state index < -0.39 is 17.8 Å². The molecule has 0 spiro atoms. The van der Waals surface area contributed by atoms with Gasteiger partial charge in [-0.05, 0) is 48.5 Å². The summed E-state index contributed by atoms with van der Waals surface area (Å²) >= 11 is 20.7. The normalized spacial score (nSPS) is 9.43. The summed E-state index contributed by atoms with van der Waals surface area (Å²) < 4.78 is 16.2. The molecule has 1 N–H and O–H groups in total. The number of rotatable bonds is 0. The Morgan fingerprint density at radius 2 is 0.898 bits per heavy atom. The first kappa shape index (κ1) is 50.1. The minimum absolute atomic E-state index is 0.0600. The summed E-state index contributed by atoms with van der Waals surface area (Å²) in [4.78, 5) is 32.8. The van der Waals surface area contributed by atoms with Crippen LogP contribution in [0.3, 0.4) is 0 Å². The Morgan fingerprint density at radius 1 is 0.714 bits per heavy atom. The molecule has 0 aliphatic carbocycles. The van der Waals surface area contributed by atoms with Crippen LogP contribution in [0.1, 0.15) is 41.5 Å². The van der Waals surface area contributed by atoms with Crippen LogP contribution >= 0.6 is 72.0 Å². The van der Waals surface area contributed by atoms with Crippen molar-refractivity contribution in [2.45, 2.75) is 48.5 Å². The molecule has 0 saturated heterocycles. The molecule has 6 heterocycles. The number of imidazole rings is 3. The molecule has 0 aliphatic heterocycles. The van der Waals surface area contributed by atoms with Gasteiger partial charge in [0.15, 0.2) is 15.5 Å². The van der Waals surface area contributed by atoms with Gasteiger partial charge in [-0.3, -0.25) is 13.2 Å². The van der Waals surface area contributed by atoms with Gasteiger partial charge in [0.1, 0.15) is 40.8 Å². The van der Waals surface area contributed by atoms with Crippen LogP contribution < -0.4 is 34.8 Å². The maximum atomic E-state index is 10.4. The van der Waals surface area contributed by atoms with Gasteiger partial charge in [-0.1, -0.05) is 34.8 Å². The Morgan fingerprint density at radius 3 is 1.06 bits per heavy atom. The first-order valence-electron chi connectivity index (χ1n) is 13.4. The van der Waals surface area contributed by atoms with Crippen molar-refractivity contribution in [2.24, 2.45) is 0 Å². The average molecular weight is 1190 g/mol. The maximum absolute atomic E-state index is 10.4. The number of aromatic nitrogens is 9. The fourth-order valence-corrected chi connectivity index (χ4v) is 4.88. The van der Waals surface area contributed by atoms with Crippen LogP contribution in [0.25, 0.3) is 16.6 Å². The molecule has 20 heteroatoms. The monoisotopic (exact) mass is 1180 g/mol. The predicted octanol–water partition coefficient (Wildman–Crippen LogP) is 2.43. The van der Waals surface area contributed by atoms with Gasteiger partial charge in [0.25, 0.3) is 0 Å². The van der Waals surface area contributed by atoms with Crippen molar-refractivity contribution in [3.8, 4) is 0 Å². The van der Waals surface area contributed by atoms with Crippen molar-refractivity contribution in [2.75, 3.05) is 6.61 Å². The first-order valence-corrected chi connectivity index (χ1v) is 29.2. The Hall–Kier alpha value is -0.985. The molecule has 0 amide bonds. The average Bonchev–Trinajstić information content (AvgIpc) is 3.66. The first-order chi connectivity index (χ1) is 23.3. The van der Waals surface area contributed by atoms with Crippen molar-refractivity contribution in [1.29, 1.82) is 0 Å². The Balaban J connectivity index is 0. The Kier molecular flexibility index (Phi) is 29.2. The molecule has 270 valence electrons. The third-order valence-electron chi connectivity index (χ3n) is 5.58. The Bertz CT molecular complexity index is 1620. The number of carbonyl (C=O) groups is 1. The molecule has 0 unspecified atom stereocenters. The van der Waals surface area contributed by atoms with Crippen molar-refractivity contribution >= 4 is 101 Å². The molecule has 2 radical (unpaired) electrons. The summed E-state index contributed by atoms with van der Waals surface area (Å²) in [5.74, 6) is 2.81. The fraction of sp³-hybridized carbons (Fsp3) is 0.276. The summed E-state index contributed by atoms with van der Waals surface area (Å²) in [5.41, 5.74) is 10.4. The zero-order valence-corrected chi connectivity index (χ0v) is 38.7. The molecular formula is C29H36BCl3FI4N9O2-2. The molecule has 0 aliphatic rings. The van der Waals surface area contributed by atoms with E-state index in [2.05, 4.69) is 61.7 Å². The fourth-order valence-electron chi connectivity index (χ4n) is 4.03. The quantitative estimate of drug-likeness (QED) is 0.140. The van der Waals surface area contributed by atoms with E-state index in [1.165, 1.54) is 0 Å². The summed E-state index contributed by atoms with van der Waals surface area (Å²) in [5, 5.41) is 9.10. The Labute approximate surface area is 343 Å². The molecule has 49 heavy (non-hydrogen) atoms. The number of halogens is 8. The van der Waals surface area contributed by atoms with E-state index in [1.807, 2.05) is 80.1 Å². The van der Waals surface area contributed by atoms with Crippen LogP contribution in [0.2, 0.25) is 15.5 Å². The number of aryl methyl sites for hydroxylation is 6. The predicted molar refractivity (Wildman–Crippen MR) is 208 cm³/mol. The number of fused-ring (bicyclic) bond motifs is 3. The van der Waals surface area contributed by atoms with Crippen molar-refractivity contribution < 1.29 is 47.6 Å². The SMILES string of the molecule is C=C.C=O.CCO.Cc1nc(C)n2ccnc(Cl)c12.Cc1nc(C)n2ccnc(Cl)c12.Cc1nc(C)n2ccnc(Cl)c12.F[I-]I.[B][I-]I. The number of hydrogen-bond donors (Lipinski definition) is 1. The number of hydrogen-bond acceptors (Lipinski definition) is 8. The molecular weight excluding hydrogens is 1150 g/mol. The minimum atomic E-state index is -0.940. The topological polar surface area (TPSA) is 128 Å². The zero-order valence-electron chi connectivity index (χ0n) is 27.8. The van der Waals surface area contributed by atoms with E-state index in [1.54, 1.807) is 44.1 Å². The van der Waals surface area contributed by atoms with E-state index >= 15 is 0 Å². The van der Waals surface area contributed by atoms with Crippen LogP contribution in [0.15, 0.2) is 50.3 Å². The van der Waals surface area contributed by atoms with Crippen LogP contribution in [-0.2, 0) is 4.79 Å². The molecule has 0 bridgehead atoms. The van der Waals surface area contributed by atoms with Gasteiger partial charge in [-0.2, -0.15) is 0 Å². The number of aliphatic hydroxyl groups excluding tert-OH is 1. The van der Waals surface area contributed by atoms with E-state index in [0.717, 1.165) is 51.1 Å². The second kappa shape index (κ2) is 28.6. The van der Waals surface area contributed by atoms with Crippen LogP contribution in [0.5, 0.6) is 0 Å². The van der Waals surface area contributed by atoms with Crippen LogP contribution in [-0.4, -0.2) is 67.3 Å². The van der Waals surface area contributed by atoms with Gasteiger partial charge in [0.05, 0.1) is 17.1 Å². The summed E-state index contributed by atoms with van der Waals surface area (Å²) in [7, 11) is 0. The van der Waals surface area contributed by atoms with Gasteiger partial charge < -0.3 is 9.90 Å². The number of carbonyl (C=O) groups excluding carboxylic acids is 1. The van der Waals surface area contributed by atoms with E-state index in [-0.39, 0.29) is 23.6 Å². The third-order valence-corrected chi connectivity index (χ3v) is 6.41. The van der Waals surface area contributed by atoms with E-state index in [9.17, 15) is 2.86 Å². The van der Waals surface area contributed by atoms with Crippen molar-refractivity contribution in [3.05, 3.63) is 100 Å². The van der Waals surface area contributed by atoms with Gasteiger partial charge in [0, 0.05) is 43.8 Å². The van der Waals surface area contributed by atoms with Crippen molar-refractivity contribution in [3.63, 3.8) is 0 Å². The zero-order chi connectivity index (χ0) is 38.3. The third kappa shape index (κ3) is 16.1. The van der Waals surface area contributed by atoms with Gasteiger partial charge in [0.2, 0.25) is 0 Å². The molecule has 6 aromatic rings. The standard InChI is InChI=1S/3C8H8ClN3.C2H6O.C2H4.CH2O.BI2.FI2/c3*1-5-7-8(9)10-3-4-12(7)6(2)11-5;1-2-3;2*1-2;2*1-3-2/h3*3-4H,1-2H3;3H,2H2,1H3;1-2H2;1H2;;/q;;;;;;2*-1. The number of nitrogens with zero attached hydrogens (tertiary/aromatic N) is 9. The molecule has 0 aromatic carbocycles. The van der Waals surface area contributed by atoms with Gasteiger partial charge in [-0.15, -0.1) is 13.2 Å². The van der Waals surface area contributed by atoms with E-state index in [0.29, 0.717) is 15.5 Å². The van der Waals surface area contributed by atoms with Gasteiger partial charge in [-0.25, -0.2) is 29.9 Å². The molecule has 0 atom stereocenters. The second-order valence-electron chi connectivity index (χ2n) is 8.50. The molecule has 6 rings (SSSR count). The van der Waals surface area contributed by atoms with E-state index in [4.69, 9.17) is 50.4 Å². The molecule has 0 saturated carbocycles. The second-order valence-corrected chi connectivity index (χ2v) is 15.6. The van der Waals surface area contributed by atoms with Crippen LogP contribution in [0, 0.1) is 41.5 Å².